The number of carbonyl (C=O) groups is 2. The number of aryl methyl sites for hydroxylation is 1. The van der Waals surface area contributed by atoms with Crippen LogP contribution in [-0.2, 0) is 13.2 Å². The smallest absolute Gasteiger partial charge is 0.340 e. The monoisotopic (exact) mass is 678 g/mol. The van der Waals surface area contributed by atoms with E-state index in [0.29, 0.717) is 28.9 Å². The van der Waals surface area contributed by atoms with Crippen LogP contribution in [0.3, 0.4) is 0 Å². The van der Waals surface area contributed by atoms with Gasteiger partial charge in [0.1, 0.15) is 29.4 Å². The Kier molecular flexibility index (Phi) is 6.92. The molecule has 2 amide bonds. The number of nitrogens with one attached hydrogen (secondary N) is 2. The van der Waals surface area contributed by atoms with Crippen molar-refractivity contribution in [2.45, 2.75) is 12.2 Å². The molecule has 0 aliphatic carbocycles. The maximum atomic E-state index is 14.3. The average molecular weight is 679 g/mol. The van der Waals surface area contributed by atoms with Crippen LogP contribution in [0.2, 0.25) is 10.0 Å². The molecule has 0 bridgehead atoms. The number of fused-ring (bicyclic) bond motifs is 1. The lowest BCUT2D eigenvalue weighted by Crippen LogP contribution is -2.35. The third-order valence-corrected chi connectivity index (χ3v) is 8.35. The number of aromatic nitrogens is 5. The number of alkyl halides is 3. The van der Waals surface area contributed by atoms with E-state index < -0.39 is 41.0 Å². The molecule has 10 nitrogen and oxygen atoms in total. The molecule has 0 radical (unpaired) electrons. The van der Waals surface area contributed by atoms with Gasteiger partial charge in [-0.05, 0) is 60.2 Å². The number of hydrogen-bond acceptors (Lipinski definition) is 6. The van der Waals surface area contributed by atoms with Gasteiger partial charge >= 0.3 is 6.18 Å². The van der Waals surface area contributed by atoms with Crippen molar-refractivity contribution in [3.05, 3.63) is 110 Å². The molecule has 2 N–H and O–H groups in total. The Morgan fingerprint density at radius 1 is 1.09 bits per heavy atom. The Labute approximate surface area is 271 Å². The molecule has 1 unspecified atom stereocenters. The normalized spacial score (nSPS) is 14.3. The summed E-state index contributed by atoms with van der Waals surface area (Å²) in [5.74, 6) is -2.90. The summed E-state index contributed by atoms with van der Waals surface area (Å²) in [5, 5.41) is 25.1. The number of pyridine rings is 1. The molecule has 1 aliphatic heterocycles. The van der Waals surface area contributed by atoms with Crippen molar-refractivity contribution < 1.29 is 27.2 Å². The van der Waals surface area contributed by atoms with Gasteiger partial charge in [0.15, 0.2) is 11.3 Å². The van der Waals surface area contributed by atoms with Crippen LogP contribution in [0.5, 0.6) is 0 Å². The van der Waals surface area contributed by atoms with E-state index in [4.69, 9.17) is 23.2 Å². The molecule has 0 saturated heterocycles. The number of rotatable bonds is 4. The minimum atomic E-state index is -4.92. The second-order valence-corrected chi connectivity index (χ2v) is 11.4. The maximum Gasteiger partial charge on any atom is 0.416 e. The van der Waals surface area contributed by atoms with Crippen molar-refractivity contribution in [2.75, 3.05) is 5.32 Å². The molecule has 234 valence electrons. The summed E-state index contributed by atoms with van der Waals surface area (Å²) in [6.07, 6.45) is -3.66. The Hall–Kier alpha value is -5.52. The molecule has 4 heterocycles. The van der Waals surface area contributed by atoms with Gasteiger partial charge < -0.3 is 10.6 Å². The quantitative estimate of drug-likeness (QED) is 0.200. The largest absolute Gasteiger partial charge is 0.416 e. The van der Waals surface area contributed by atoms with Crippen molar-refractivity contribution >= 4 is 57.3 Å². The number of nitriles is 1. The number of amides is 2. The fourth-order valence-electron chi connectivity index (χ4n) is 5.79. The standard InChI is InChI=1S/C31H16Cl2F4N8O2/c1-44-28-25-24(26(42-30(28)47)19-9-15(32)2-4-20(19)33)21(41-29(46)13-6-14(31(35,36)37)8-16(34)7-13)10-18(27(25)43-44)17-3-5-23-39-12-40-45(23)22(17)11-38/h2-10,12,26H,1H3,(H,41,46)(H,42,47). The van der Waals surface area contributed by atoms with Crippen LogP contribution in [0.1, 0.15) is 49.3 Å². The SMILES string of the molecule is Cn1nc2c(-c3ccc4ncnn4c3C#N)cc(NC(=O)c3cc(F)cc(C(F)(F)F)c3)c3c2c1C(=O)NC3c1cc(Cl)ccc1Cl. The first kappa shape index (κ1) is 30.2. The summed E-state index contributed by atoms with van der Waals surface area (Å²) in [7, 11) is 1.53. The van der Waals surface area contributed by atoms with Crippen molar-refractivity contribution in [1.29, 1.82) is 5.26 Å². The van der Waals surface area contributed by atoms with Crippen molar-refractivity contribution in [3.8, 4) is 17.2 Å². The second-order valence-electron chi connectivity index (χ2n) is 10.6. The van der Waals surface area contributed by atoms with E-state index in [1.54, 1.807) is 18.2 Å². The molecule has 0 saturated carbocycles. The minimum Gasteiger partial charge on any atom is -0.340 e. The third-order valence-electron chi connectivity index (χ3n) is 7.77. The summed E-state index contributed by atoms with van der Waals surface area (Å²) in [4.78, 5) is 31.3. The lowest BCUT2D eigenvalue weighted by molar-refractivity contribution is -0.137. The van der Waals surface area contributed by atoms with Crippen LogP contribution in [-0.4, -0.2) is 36.2 Å². The van der Waals surface area contributed by atoms with Crippen LogP contribution < -0.4 is 10.6 Å². The molecule has 3 aromatic carbocycles. The lowest BCUT2D eigenvalue weighted by Gasteiger charge is -2.29. The van der Waals surface area contributed by atoms with Crippen LogP contribution >= 0.6 is 23.2 Å². The minimum absolute atomic E-state index is 0.00758. The Balaban J connectivity index is 1.53. The number of hydrogen-bond donors (Lipinski definition) is 2. The number of benzene rings is 3. The van der Waals surface area contributed by atoms with Crippen molar-refractivity contribution in [1.82, 2.24) is 29.7 Å². The predicted molar refractivity (Wildman–Crippen MR) is 163 cm³/mol. The van der Waals surface area contributed by atoms with Gasteiger partial charge in [-0.2, -0.15) is 28.6 Å². The van der Waals surface area contributed by atoms with Gasteiger partial charge in [-0.15, -0.1) is 0 Å². The molecule has 1 aliphatic rings. The maximum absolute atomic E-state index is 14.3. The highest BCUT2D eigenvalue weighted by atomic mass is 35.5. The zero-order valence-corrected chi connectivity index (χ0v) is 25.1. The van der Waals surface area contributed by atoms with Crippen LogP contribution in [0.15, 0.2) is 60.9 Å². The molecule has 7 rings (SSSR count). The molecule has 3 aromatic heterocycles. The molecule has 6 aromatic rings. The number of halogens is 6. The third kappa shape index (κ3) is 4.91. The molecular formula is C31H16Cl2F4N8O2. The molecule has 47 heavy (non-hydrogen) atoms. The zero-order valence-electron chi connectivity index (χ0n) is 23.6. The van der Waals surface area contributed by atoms with E-state index in [1.807, 2.05) is 0 Å². The number of nitrogens with zero attached hydrogens (tertiary/aromatic N) is 6. The highest BCUT2D eigenvalue weighted by Gasteiger charge is 2.37. The van der Waals surface area contributed by atoms with E-state index in [9.17, 15) is 32.4 Å². The van der Waals surface area contributed by atoms with Crippen molar-refractivity contribution in [2.24, 2.45) is 7.05 Å². The van der Waals surface area contributed by atoms with Crippen LogP contribution in [0, 0.1) is 17.1 Å². The summed E-state index contributed by atoms with van der Waals surface area (Å²) < 4.78 is 57.5. The highest BCUT2D eigenvalue weighted by Crippen LogP contribution is 2.46. The van der Waals surface area contributed by atoms with Gasteiger partial charge in [-0.25, -0.2) is 13.9 Å². The van der Waals surface area contributed by atoms with E-state index >= 15 is 0 Å². The fourth-order valence-corrected chi connectivity index (χ4v) is 6.20. The molecular weight excluding hydrogens is 663 g/mol. The van der Waals surface area contributed by atoms with Crippen LogP contribution in [0.25, 0.3) is 27.7 Å². The van der Waals surface area contributed by atoms with E-state index in [-0.39, 0.29) is 55.2 Å². The first-order chi connectivity index (χ1) is 22.3. The van der Waals surface area contributed by atoms with Crippen molar-refractivity contribution in [3.63, 3.8) is 0 Å². The molecule has 16 heteroatoms. The van der Waals surface area contributed by atoms with Gasteiger partial charge in [0, 0.05) is 50.4 Å². The van der Waals surface area contributed by atoms with Gasteiger partial charge in [0.25, 0.3) is 11.8 Å². The summed E-state index contributed by atoms with van der Waals surface area (Å²) in [6, 6.07) is 11.8. The first-order valence-electron chi connectivity index (χ1n) is 13.6. The topological polar surface area (TPSA) is 130 Å². The van der Waals surface area contributed by atoms with Gasteiger partial charge in [-0.3, -0.25) is 14.3 Å². The molecule has 0 fully saturated rings. The summed E-state index contributed by atoms with van der Waals surface area (Å²) >= 11 is 12.9. The number of carbonyl (C=O) groups excluding carboxylic acids is 2. The summed E-state index contributed by atoms with van der Waals surface area (Å²) in [5.41, 5.74) is -0.00102. The van der Waals surface area contributed by atoms with E-state index in [0.717, 1.165) is 0 Å². The second kappa shape index (κ2) is 10.8. The van der Waals surface area contributed by atoms with Gasteiger partial charge in [-0.1, -0.05) is 23.2 Å². The Bertz CT molecular complexity index is 2380. The predicted octanol–water partition coefficient (Wildman–Crippen LogP) is 6.70. The number of anilines is 1. The Morgan fingerprint density at radius 3 is 2.62 bits per heavy atom. The fraction of sp³-hybridized carbons (Fsp3) is 0.0968. The highest BCUT2D eigenvalue weighted by molar-refractivity contribution is 6.33. The average Bonchev–Trinajstić information content (AvgIpc) is 3.64. The molecule has 0 spiro atoms. The van der Waals surface area contributed by atoms with Gasteiger partial charge in [0.05, 0.1) is 11.6 Å². The van der Waals surface area contributed by atoms with E-state index in [1.165, 1.54) is 40.8 Å². The Morgan fingerprint density at radius 2 is 1.87 bits per heavy atom. The van der Waals surface area contributed by atoms with E-state index in [2.05, 4.69) is 31.9 Å². The molecule has 1 atom stereocenters. The van der Waals surface area contributed by atoms with Gasteiger partial charge in [0.2, 0.25) is 0 Å². The first-order valence-corrected chi connectivity index (χ1v) is 14.3. The lowest BCUT2D eigenvalue weighted by atomic mass is 9.87. The zero-order chi connectivity index (χ0) is 33.4. The summed E-state index contributed by atoms with van der Waals surface area (Å²) in [6.45, 7) is 0. The van der Waals surface area contributed by atoms with Crippen LogP contribution in [0.4, 0.5) is 23.2 Å².